The first-order valence-electron chi connectivity index (χ1n) is 12.2. The minimum absolute atomic E-state index is 0.123. The fourth-order valence-corrected chi connectivity index (χ4v) is 6.66. The van der Waals surface area contributed by atoms with Crippen molar-refractivity contribution in [1.29, 1.82) is 0 Å². The first kappa shape index (κ1) is 28.3. The Bertz CT molecular complexity index is 1340. The summed E-state index contributed by atoms with van der Waals surface area (Å²) in [5, 5.41) is 1.93. The van der Waals surface area contributed by atoms with Gasteiger partial charge in [0.25, 0.3) is 0 Å². The second-order valence-electron chi connectivity index (χ2n) is 9.22. The predicted octanol–water partition coefficient (Wildman–Crippen LogP) is 5.47. The third-order valence-electron chi connectivity index (χ3n) is 6.41. The fraction of sp³-hybridized carbons (Fsp3) is 0.370. The van der Waals surface area contributed by atoms with Gasteiger partial charge in [0.1, 0.15) is 0 Å². The van der Waals surface area contributed by atoms with Crippen LogP contribution in [0.4, 0.5) is 13.2 Å². The Morgan fingerprint density at radius 3 is 2.47 bits per heavy atom. The summed E-state index contributed by atoms with van der Waals surface area (Å²) in [6, 6.07) is 14.9. The van der Waals surface area contributed by atoms with Crippen molar-refractivity contribution in [1.82, 2.24) is 9.21 Å². The van der Waals surface area contributed by atoms with E-state index in [-0.39, 0.29) is 19.6 Å². The van der Waals surface area contributed by atoms with Crippen LogP contribution in [0.1, 0.15) is 34.4 Å². The van der Waals surface area contributed by atoms with Crippen molar-refractivity contribution in [3.8, 4) is 0 Å². The molecule has 1 saturated heterocycles. The maximum absolute atomic E-state index is 13.7. The third kappa shape index (κ3) is 7.02. The van der Waals surface area contributed by atoms with Gasteiger partial charge in [-0.2, -0.15) is 17.5 Å². The molecule has 1 aromatic heterocycles. The lowest BCUT2D eigenvalue weighted by atomic mass is 10.2. The normalized spacial score (nSPS) is 16.2. The Balaban J connectivity index is 1.64. The number of halogens is 3. The number of ether oxygens (including phenoxy) is 1. The predicted molar refractivity (Wildman–Crippen MR) is 139 cm³/mol. The van der Waals surface area contributed by atoms with Gasteiger partial charge < -0.3 is 9.64 Å². The standard InChI is InChI=1S/C27H29F3N2O4S2/c1-20-12-14-37-25(20)18-31(16-21-7-3-2-4-8-21)26(33)19-32(17-23-10-6-13-36-23)38(34,35)24-11-5-9-22(15-24)27(28,29)30/h2-5,7-9,11-12,14-15,23H,6,10,13,16-19H2,1H3. The van der Waals surface area contributed by atoms with Gasteiger partial charge in [0.05, 0.1) is 29.7 Å². The van der Waals surface area contributed by atoms with E-state index >= 15 is 0 Å². The van der Waals surface area contributed by atoms with E-state index in [1.54, 1.807) is 4.90 Å². The van der Waals surface area contributed by atoms with E-state index in [1.807, 2.05) is 48.7 Å². The molecule has 1 atom stereocenters. The second-order valence-corrected chi connectivity index (χ2v) is 12.2. The molecule has 6 nitrogen and oxygen atoms in total. The van der Waals surface area contributed by atoms with Crippen molar-refractivity contribution >= 4 is 27.3 Å². The fourth-order valence-electron chi connectivity index (χ4n) is 4.27. The summed E-state index contributed by atoms with van der Waals surface area (Å²) in [5.74, 6) is -0.449. The van der Waals surface area contributed by atoms with Gasteiger partial charge in [-0.15, -0.1) is 11.3 Å². The Kier molecular flexibility index (Phi) is 8.92. The minimum Gasteiger partial charge on any atom is -0.377 e. The van der Waals surface area contributed by atoms with Crippen molar-refractivity contribution in [2.24, 2.45) is 0 Å². The van der Waals surface area contributed by atoms with Gasteiger partial charge in [-0.25, -0.2) is 8.42 Å². The second kappa shape index (κ2) is 12.0. The lowest BCUT2D eigenvalue weighted by Gasteiger charge is -2.29. The molecule has 38 heavy (non-hydrogen) atoms. The highest BCUT2D eigenvalue weighted by molar-refractivity contribution is 7.89. The molecule has 1 aliphatic rings. The lowest BCUT2D eigenvalue weighted by molar-refractivity contribution is -0.137. The van der Waals surface area contributed by atoms with Crippen LogP contribution >= 0.6 is 11.3 Å². The zero-order valence-electron chi connectivity index (χ0n) is 20.9. The molecule has 0 saturated carbocycles. The van der Waals surface area contributed by atoms with Crippen molar-refractivity contribution in [3.05, 3.63) is 87.6 Å². The Hall–Kier alpha value is -2.73. The van der Waals surface area contributed by atoms with Crippen molar-refractivity contribution < 1.29 is 31.1 Å². The van der Waals surface area contributed by atoms with Crippen LogP contribution in [0.5, 0.6) is 0 Å². The summed E-state index contributed by atoms with van der Waals surface area (Å²) < 4.78 is 73.8. The Morgan fingerprint density at radius 2 is 1.84 bits per heavy atom. The van der Waals surface area contributed by atoms with Gasteiger partial charge in [0, 0.05) is 24.6 Å². The third-order valence-corrected chi connectivity index (χ3v) is 9.23. The van der Waals surface area contributed by atoms with Crippen LogP contribution in [0.2, 0.25) is 0 Å². The van der Waals surface area contributed by atoms with Crippen LogP contribution < -0.4 is 0 Å². The van der Waals surface area contributed by atoms with Crippen LogP contribution in [-0.2, 0) is 38.8 Å². The van der Waals surface area contributed by atoms with Gasteiger partial charge in [0.2, 0.25) is 15.9 Å². The SMILES string of the molecule is Cc1ccsc1CN(Cc1ccccc1)C(=O)CN(CC1CCCO1)S(=O)(=O)c1cccc(C(F)(F)F)c1. The van der Waals surface area contributed by atoms with Gasteiger partial charge >= 0.3 is 6.18 Å². The van der Waals surface area contributed by atoms with Crippen LogP contribution in [0, 0.1) is 6.92 Å². The molecule has 1 aliphatic heterocycles. The van der Waals surface area contributed by atoms with Crippen LogP contribution in [-0.4, -0.2) is 49.3 Å². The summed E-state index contributed by atoms with van der Waals surface area (Å²) in [7, 11) is -4.43. The van der Waals surface area contributed by atoms with E-state index in [9.17, 15) is 26.4 Å². The number of nitrogens with zero attached hydrogens (tertiary/aromatic N) is 2. The maximum atomic E-state index is 13.7. The zero-order chi connectivity index (χ0) is 27.3. The molecular formula is C27H29F3N2O4S2. The smallest absolute Gasteiger partial charge is 0.377 e. The highest BCUT2D eigenvalue weighted by Gasteiger charge is 2.35. The van der Waals surface area contributed by atoms with E-state index in [1.165, 1.54) is 11.3 Å². The molecule has 2 aromatic carbocycles. The van der Waals surface area contributed by atoms with Crippen LogP contribution in [0.15, 0.2) is 70.9 Å². The molecule has 1 fully saturated rings. The van der Waals surface area contributed by atoms with E-state index in [2.05, 4.69) is 0 Å². The Morgan fingerprint density at radius 1 is 1.08 bits per heavy atom. The van der Waals surface area contributed by atoms with E-state index < -0.39 is 45.2 Å². The Labute approximate surface area is 224 Å². The van der Waals surface area contributed by atoms with Gasteiger partial charge in [0.15, 0.2) is 0 Å². The monoisotopic (exact) mass is 566 g/mol. The molecule has 0 radical (unpaired) electrons. The average Bonchev–Trinajstić information content (AvgIpc) is 3.55. The summed E-state index contributed by atoms with van der Waals surface area (Å²) in [6.07, 6.45) is -3.80. The number of benzene rings is 2. The topological polar surface area (TPSA) is 66.9 Å². The zero-order valence-corrected chi connectivity index (χ0v) is 22.5. The molecule has 4 rings (SSSR count). The molecule has 11 heteroatoms. The first-order valence-corrected chi connectivity index (χ1v) is 14.5. The van der Waals surface area contributed by atoms with Gasteiger partial charge in [-0.3, -0.25) is 4.79 Å². The first-order chi connectivity index (χ1) is 18.0. The number of sulfonamides is 1. The average molecular weight is 567 g/mol. The van der Waals surface area contributed by atoms with Gasteiger partial charge in [-0.1, -0.05) is 36.4 Å². The summed E-state index contributed by atoms with van der Waals surface area (Å²) >= 11 is 1.50. The number of carbonyl (C=O) groups is 1. The number of thiophene rings is 1. The van der Waals surface area contributed by atoms with Crippen molar-refractivity contribution in [2.75, 3.05) is 19.7 Å². The molecule has 204 valence electrons. The number of carbonyl (C=O) groups excluding carboxylic acids is 1. The number of alkyl halides is 3. The molecular weight excluding hydrogens is 537 g/mol. The number of hydrogen-bond donors (Lipinski definition) is 0. The number of rotatable bonds is 10. The van der Waals surface area contributed by atoms with E-state index in [0.29, 0.717) is 19.1 Å². The molecule has 0 N–H and O–H groups in total. The molecule has 3 aromatic rings. The summed E-state index contributed by atoms with van der Waals surface area (Å²) in [6.45, 7) is 2.31. The quantitative estimate of drug-likeness (QED) is 0.326. The summed E-state index contributed by atoms with van der Waals surface area (Å²) in [5.41, 5.74) is 0.830. The van der Waals surface area contributed by atoms with Crippen LogP contribution in [0.3, 0.4) is 0 Å². The molecule has 2 heterocycles. The lowest BCUT2D eigenvalue weighted by Crippen LogP contribution is -2.45. The maximum Gasteiger partial charge on any atom is 0.416 e. The molecule has 0 aliphatic carbocycles. The van der Waals surface area contributed by atoms with E-state index in [0.717, 1.165) is 44.9 Å². The molecule has 0 spiro atoms. The number of aryl methyl sites for hydroxylation is 1. The van der Waals surface area contributed by atoms with E-state index in [4.69, 9.17) is 4.74 Å². The van der Waals surface area contributed by atoms with Crippen molar-refractivity contribution in [3.63, 3.8) is 0 Å². The highest BCUT2D eigenvalue weighted by Crippen LogP contribution is 2.31. The number of hydrogen-bond acceptors (Lipinski definition) is 5. The molecule has 1 amide bonds. The minimum atomic E-state index is -4.70. The molecule has 0 bridgehead atoms. The van der Waals surface area contributed by atoms with Crippen molar-refractivity contribution in [2.45, 2.75) is 50.0 Å². The molecule has 1 unspecified atom stereocenters. The summed E-state index contributed by atoms with van der Waals surface area (Å²) in [4.78, 5) is 15.7. The van der Waals surface area contributed by atoms with Gasteiger partial charge in [-0.05, 0) is 60.5 Å². The van der Waals surface area contributed by atoms with Crippen LogP contribution in [0.25, 0.3) is 0 Å². The largest absolute Gasteiger partial charge is 0.416 e. The number of amides is 1. The highest BCUT2D eigenvalue weighted by atomic mass is 32.2.